The number of nitrogens with one attached hydrogen (secondary N) is 2. The minimum absolute atomic E-state index is 0.0197. The van der Waals surface area contributed by atoms with Crippen molar-refractivity contribution in [1.82, 2.24) is 20.2 Å². The lowest BCUT2D eigenvalue weighted by atomic mass is 9.81. The number of esters is 1. The first kappa shape index (κ1) is 31.4. The second-order valence-electron chi connectivity index (χ2n) is 13.0. The van der Waals surface area contributed by atoms with Crippen molar-refractivity contribution in [2.75, 3.05) is 13.3 Å². The minimum Gasteiger partial charge on any atom is -0.458 e. The smallest absolute Gasteiger partial charge is 0.343 e. The number of nitrogens with zero attached hydrogens (tertiary/aromatic N) is 2. The number of cyclic esters (lactones) is 1. The molecule has 2 aromatic heterocycles. The SMILES string of the molecule is CC[C@@]1(O)C(=O)OCc2c1cc1n(c2=O)Cc2c-1nc1cc(F)c(C)c3c1c2[C@@H](NC(=O)C1CCC(OCNC(=O)CN)CC1)CC3. The number of carbonyl (C=O) groups excluding carboxylic acids is 3. The number of hydrogen-bond donors (Lipinski definition) is 4. The molecule has 12 nitrogen and oxygen atoms in total. The Labute approximate surface area is 269 Å². The van der Waals surface area contributed by atoms with Crippen LogP contribution >= 0.6 is 0 Å². The Morgan fingerprint density at radius 3 is 2.66 bits per heavy atom. The van der Waals surface area contributed by atoms with E-state index >= 15 is 4.39 Å². The average molecular weight is 648 g/mol. The lowest BCUT2D eigenvalue weighted by Gasteiger charge is -2.32. The summed E-state index contributed by atoms with van der Waals surface area (Å²) in [5.74, 6) is -1.76. The molecule has 4 heterocycles. The summed E-state index contributed by atoms with van der Waals surface area (Å²) < 4.78 is 27.7. The molecule has 0 saturated heterocycles. The van der Waals surface area contributed by atoms with Crippen molar-refractivity contribution < 1.29 is 33.4 Å². The van der Waals surface area contributed by atoms with E-state index in [1.54, 1.807) is 24.5 Å². The molecule has 2 amide bonds. The molecule has 47 heavy (non-hydrogen) atoms. The topological polar surface area (TPSA) is 175 Å². The maximum atomic E-state index is 15.2. The average Bonchev–Trinajstić information content (AvgIpc) is 3.44. The van der Waals surface area contributed by atoms with Crippen LogP contribution in [0.15, 0.2) is 16.9 Å². The van der Waals surface area contributed by atoms with Gasteiger partial charge in [-0.05, 0) is 74.6 Å². The number of carbonyl (C=O) groups is 3. The number of halogens is 1. The van der Waals surface area contributed by atoms with Gasteiger partial charge in [0.05, 0.1) is 47.7 Å². The van der Waals surface area contributed by atoms with Crippen molar-refractivity contribution in [1.29, 1.82) is 0 Å². The first-order valence-corrected chi connectivity index (χ1v) is 16.3. The standard InChI is InChI=1S/C34H38FN5O7/c1-3-34(45)22-10-26-30-20(13-40(26)32(43)21(22)14-46-33(34)44)29-24(9-8-19-16(2)23(35)11-25(38-30)28(19)29)39-31(42)17-4-6-18(7-5-17)47-15-37-27(41)12-36/h10-11,17-18,24,45H,3-9,12-15,36H2,1-2H3,(H,37,41)(H,39,42)/t17?,18?,24-,34-/m0/s1. The van der Waals surface area contributed by atoms with Crippen molar-refractivity contribution in [2.24, 2.45) is 11.7 Å². The summed E-state index contributed by atoms with van der Waals surface area (Å²) >= 11 is 0. The molecule has 4 aliphatic rings. The zero-order valence-corrected chi connectivity index (χ0v) is 26.4. The third-order valence-corrected chi connectivity index (χ3v) is 10.5. The van der Waals surface area contributed by atoms with Crippen LogP contribution in [0.3, 0.4) is 0 Å². The summed E-state index contributed by atoms with van der Waals surface area (Å²) in [6.45, 7) is 3.31. The molecule has 7 rings (SSSR count). The highest BCUT2D eigenvalue weighted by atomic mass is 19.1. The largest absolute Gasteiger partial charge is 0.458 e. The summed E-state index contributed by atoms with van der Waals surface area (Å²) in [5.41, 5.74) is 7.70. The molecule has 1 aromatic carbocycles. The van der Waals surface area contributed by atoms with Gasteiger partial charge in [-0.2, -0.15) is 0 Å². The van der Waals surface area contributed by atoms with Gasteiger partial charge in [-0.3, -0.25) is 14.4 Å². The number of benzene rings is 1. The van der Waals surface area contributed by atoms with Gasteiger partial charge in [0.25, 0.3) is 5.56 Å². The summed E-state index contributed by atoms with van der Waals surface area (Å²) in [6, 6.07) is 2.65. The van der Waals surface area contributed by atoms with E-state index in [9.17, 15) is 24.3 Å². The number of aliphatic hydroxyl groups is 1. The van der Waals surface area contributed by atoms with Crippen molar-refractivity contribution in [3.63, 3.8) is 0 Å². The van der Waals surface area contributed by atoms with Gasteiger partial charge in [0.2, 0.25) is 11.8 Å². The molecule has 0 unspecified atom stereocenters. The van der Waals surface area contributed by atoms with E-state index in [-0.39, 0.29) is 79.2 Å². The first-order valence-electron chi connectivity index (χ1n) is 16.3. The Bertz CT molecular complexity index is 1900. The molecule has 1 saturated carbocycles. The Hall–Kier alpha value is -4.20. The number of pyridine rings is 2. The fourth-order valence-corrected chi connectivity index (χ4v) is 7.79. The Kier molecular flexibility index (Phi) is 7.88. The lowest BCUT2D eigenvalue weighted by Crippen LogP contribution is -2.44. The molecule has 2 atom stereocenters. The van der Waals surface area contributed by atoms with Crippen LogP contribution in [-0.4, -0.2) is 51.8 Å². The summed E-state index contributed by atoms with van der Waals surface area (Å²) in [4.78, 5) is 56.5. The van der Waals surface area contributed by atoms with E-state index in [4.69, 9.17) is 20.2 Å². The van der Waals surface area contributed by atoms with Crippen molar-refractivity contribution in [2.45, 2.75) is 89.7 Å². The van der Waals surface area contributed by atoms with Crippen molar-refractivity contribution in [3.05, 3.63) is 61.7 Å². The number of aryl methyl sites for hydroxylation is 1. The van der Waals surface area contributed by atoms with E-state index in [2.05, 4.69) is 10.6 Å². The molecule has 5 N–H and O–H groups in total. The molecule has 2 aliphatic carbocycles. The molecule has 3 aromatic rings. The molecule has 13 heteroatoms. The zero-order chi connectivity index (χ0) is 33.2. The van der Waals surface area contributed by atoms with Crippen LogP contribution in [-0.2, 0) is 49.0 Å². The van der Waals surface area contributed by atoms with Gasteiger partial charge in [0.15, 0.2) is 5.60 Å². The van der Waals surface area contributed by atoms with Crippen LogP contribution in [0.4, 0.5) is 4.39 Å². The van der Waals surface area contributed by atoms with Gasteiger partial charge in [-0.1, -0.05) is 6.92 Å². The van der Waals surface area contributed by atoms with Gasteiger partial charge >= 0.3 is 5.97 Å². The predicted octanol–water partition coefficient (Wildman–Crippen LogP) is 2.24. The second kappa shape index (κ2) is 11.8. The maximum absolute atomic E-state index is 15.2. The van der Waals surface area contributed by atoms with Crippen molar-refractivity contribution in [3.8, 4) is 11.4 Å². The predicted molar refractivity (Wildman–Crippen MR) is 167 cm³/mol. The monoisotopic (exact) mass is 647 g/mol. The number of nitrogens with two attached hydrogens (primary N) is 1. The number of hydrogen-bond acceptors (Lipinski definition) is 9. The van der Waals surface area contributed by atoms with Crippen LogP contribution in [0.1, 0.15) is 84.9 Å². The van der Waals surface area contributed by atoms with Crippen LogP contribution in [0.5, 0.6) is 0 Å². The molecular weight excluding hydrogens is 609 g/mol. The second-order valence-corrected chi connectivity index (χ2v) is 13.0. The van der Waals surface area contributed by atoms with Crippen LogP contribution < -0.4 is 21.9 Å². The van der Waals surface area contributed by atoms with E-state index in [1.165, 1.54) is 6.07 Å². The third-order valence-electron chi connectivity index (χ3n) is 10.5. The van der Waals surface area contributed by atoms with Crippen LogP contribution in [0, 0.1) is 18.7 Å². The molecule has 2 aliphatic heterocycles. The number of aromatic nitrogens is 2. The third kappa shape index (κ3) is 5.02. The van der Waals surface area contributed by atoms with Gasteiger partial charge < -0.3 is 35.5 Å². The van der Waals surface area contributed by atoms with Crippen molar-refractivity contribution >= 4 is 28.7 Å². The fraction of sp³-hybridized carbons (Fsp3) is 0.500. The molecule has 0 spiro atoms. The van der Waals surface area contributed by atoms with E-state index in [0.717, 1.165) is 22.1 Å². The molecular formula is C34H38FN5O7. The summed E-state index contributed by atoms with van der Waals surface area (Å²) in [7, 11) is 0. The molecule has 248 valence electrons. The number of fused-ring (bicyclic) bond motifs is 5. The van der Waals surface area contributed by atoms with Crippen LogP contribution in [0.25, 0.3) is 22.3 Å². The minimum atomic E-state index is -1.97. The number of ether oxygens (including phenoxy) is 2. The van der Waals surface area contributed by atoms with Crippen LogP contribution in [0.2, 0.25) is 0 Å². The van der Waals surface area contributed by atoms with E-state index in [1.807, 2.05) is 0 Å². The Morgan fingerprint density at radius 2 is 1.94 bits per heavy atom. The first-order chi connectivity index (χ1) is 22.5. The van der Waals surface area contributed by atoms with E-state index < -0.39 is 17.6 Å². The lowest BCUT2D eigenvalue weighted by molar-refractivity contribution is -0.172. The van der Waals surface area contributed by atoms with Gasteiger partial charge in [-0.25, -0.2) is 14.2 Å². The Morgan fingerprint density at radius 1 is 1.17 bits per heavy atom. The van der Waals surface area contributed by atoms with Gasteiger partial charge in [0, 0.05) is 28.5 Å². The molecule has 0 bridgehead atoms. The summed E-state index contributed by atoms with van der Waals surface area (Å²) in [6.07, 6.45) is 3.68. The number of rotatable bonds is 7. The highest BCUT2D eigenvalue weighted by Gasteiger charge is 2.46. The zero-order valence-electron chi connectivity index (χ0n) is 26.4. The Balaban J connectivity index is 1.23. The normalized spacial score (nSPS) is 24.3. The molecule has 1 fully saturated rings. The van der Waals surface area contributed by atoms with E-state index in [0.29, 0.717) is 61.0 Å². The quantitative estimate of drug-likeness (QED) is 0.173. The van der Waals surface area contributed by atoms with Gasteiger partial charge in [-0.15, -0.1) is 0 Å². The molecule has 0 radical (unpaired) electrons. The highest BCUT2D eigenvalue weighted by Crippen LogP contribution is 2.46. The van der Waals surface area contributed by atoms with Gasteiger partial charge in [0.1, 0.15) is 19.2 Å². The maximum Gasteiger partial charge on any atom is 0.343 e. The number of amides is 2. The highest BCUT2D eigenvalue weighted by molar-refractivity contribution is 5.94. The fourth-order valence-electron chi connectivity index (χ4n) is 7.79. The summed E-state index contributed by atoms with van der Waals surface area (Å²) in [5, 5.41) is 18.0.